The van der Waals surface area contributed by atoms with Crippen molar-refractivity contribution in [3.63, 3.8) is 0 Å². The van der Waals surface area contributed by atoms with Gasteiger partial charge in [0.1, 0.15) is 0 Å². The van der Waals surface area contributed by atoms with Gasteiger partial charge in [-0.2, -0.15) is 0 Å². The highest BCUT2D eigenvalue weighted by molar-refractivity contribution is 6.02. The van der Waals surface area contributed by atoms with Crippen molar-refractivity contribution < 1.29 is 28.5 Å². The molecule has 0 bridgehead atoms. The zero-order chi connectivity index (χ0) is 22.4. The number of Topliss-reactive ketones (excluding diaryl/α,β-unsaturated/α-hetero) is 1. The topological polar surface area (TPSA) is 71.1 Å². The van der Waals surface area contributed by atoms with Crippen LogP contribution in [0.15, 0.2) is 66.7 Å². The molecule has 0 aliphatic rings. The van der Waals surface area contributed by atoms with Crippen molar-refractivity contribution in [1.29, 1.82) is 0 Å². The van der Waals surface area contributed by atoms with Gasteiger partial charge >= 0.3 is 5.97 Å². The van der Waals surface area contributed by atoms with Gasteiger partial charge in [-0.25, -0.2) is 4.79 Å². The van der Waals surface area contributed by atoms with Gasteiger partial charge in [-0.05, 0) is 19.1 Å². The average molecular weight is 420 g/mol. The molecule has 1 unspecified atom stereocenters. The molecule has 6 heteroatoms. The Morgan fingerprint density at radius 3 is 1.84 bits per heavy atom. The van der Waals surface area contributed by atoms with Gasteiger partial charge in [0.15, 0.2) is 17.6 Å². The van der Waals surface area contributed by atoms with Gasteiger partial charge in [-0.15, -0.1) is 0 Å². The fourth-order valence-corrected chi connectivity index (χ4v) is 3.14. The van der Waals surface area contributed by atoms with Crippen LogP contribution in [0.4, 0.5) is 0 Å². The van der Waals surface area contributed by atoms with Gasteiger partial charge in [0.2, 0.25) is 11.5 Å². The van der Waals surface area contributed by atoms with Gasteiger partial charge < -0.3 is 18.9 Å². The van der Waals surface area contributed by atoms with E-state index in [1.54, 1.807) is 36.4 Å². The average Bonchev–Trinajstić information content (AvgIpc) is 2.81. The van der Waals surface area contributed by atoms with E-state index in [2.05, 4.69) is 0 Å². The molecule has 0 radical (unpaired) electrons. The molecule has 0 saturated heterocycles. The van der Waals surface area contributed by atoms with Crippen LogP contribution in [0.2, 0.25) is 0 Å². The number of ether oxygens (including phenoxy) is 4. The molecule has 160 valence electrons. The predicted molar refractivity (Wildman–Crippen MR) is 116 cm³/mol. The third-order valence-electron chi connectivity index (χ3n) is 4.80. The second-order valence-corrected chi connectivity index (χ2v) is 6.84. The van der Waals surface area contributed by atoms with Crippen molar-refractivity contribution in [2.75, 3.05) is 21.3 Å². The lowest BCUT2D eigenvalue weighted by Crippen LogP contribution is -2.20. The molecule has 3 aromatic carbocycles. The minimum Gasteiger partial charge on any atom is -0.493 e. The molecule has 3 aromatic rings. The summed E-state index contributed by atoms with van der Waals surface area (Å²) in [6.07, 6.45) is -1.10. The molecular formula is C25H24O6. The van der Waals surface area contributed by atoms with Crippen molar-refractivity contribution in [3.05, 3.63) is 89.0 Å². The normalized spacial score (nSPS) is 11.4. The summed E-state index contributed by atoms with van der Waals surface area (Å²) >= 11 is 0. The Labute approximate surface area is 181 Å². The van der Waals surface area contributed by atoms with Crippen molar-refractivity contribution in [1.82, 2.24) is 0 Å². The first-order valence-corrected chi connectivity index (χ1v) is 9.65. The van der Waals surface area contributed by atoms with E-state index in [4.69, 9.17) is 18.9 Å². The van der Waals surface area contributed by atoms with Crippen LogP contribution in [0.3, 0.4) is 0 Å². The summed E-state index contributed by atoms with van der Waals surface area (Å²) in [5.41, 5.74) is 2.24. The van der Waals surface area contributed by atoms with E-state index in [1.807, 2.05) is 25.1 Å². The zero-order valence-corrected chi connectivity index (χ0v) is 17.9. The van der Waals surface area contributed by atoms with Gasteiger partial charge in [0.25, 0.3) is 0 Å². The summed E-state index contributed by atoms with van der Waals surface area (Å²) in [6, 6.07) is 19.0. The molecule has 0 amide bonds. The summed E-state index contributed by atoms with van der Waals surface area (Å²) in [7, 11) is 4.39. The van der Waals surface area contributed by atoms with Crippen LogP contribution >= 0.6 is 0 Å². The Bertz CT molecular complexity index is 1030. The van der Waals surface area contributed by atoms with Gasteiger partial charge in [0, 0.05) is 11.1 Å². The Balaban J connectivity index is 1.97. The maximum Gasteiger partial charge on any atom is 0.339 e. The number of methoxy groups -OCH3 is 3. The van der Waals surface area contributed by atoms with Gasteiger partial charge in [-0.1, -0.05) is 60.2 Å². The van der Waals surface area contributed by atoms with Gasteiger partial charge in [0.05, 0.1) is 26.9 Å². The molecule has 0 aliphatic heterocycles. The summed E-state index contributed by atoms with van der Waals surface area (Å²) in [5, 5.41) is 0. The van der Waals surface area contributed by atoms with Crippen LogP contribution in [0.5, 0.6) is 17.2 Å². The summed E-state index contributed by atoms with van der Waals surface area (Å²) in [6.45, 7) is 1.94. The first-order chi connectivity index (χ1) is 15.0. The Kier molecular flexibility index (Phi) is 6.92. The lowest BCUT2D eigenvalue weighted by molar-refractivity contribution is 0.0279. The molecule has 0 saturated carbocycles. The highest BCUT2D eigenvalue weighted by Gasteiger charge is 2.28. The van der Waals surface area contributed by atoms with E-state index in [9.17, 15) is 9.59 Å². The van der Waals surface area contributed by atoms with E-state index < -0.39 is 12.1 Å². The fraction of sp³-hybridized carbons (Fsp3) is 0.200. The highest BCUT2D eigenvalue weighted by atomic mass is 16.5. The molecule has 0 N–H and O–H groups in total. The largest absolute Gasteiger partial charge is 0.493 e. The number of benzene rings is 3. The summed E-state index contributed by atoms with van der Waals surface area (Å²) < 4.78 is 21.6. The predicted octanol–water partition coefficient (Wildman–Crippen LogP) is 4.80. The molecule has 0 aliphatic carbocycles. The van der Waals surface area contributed by atoms with Crippen molar-refractivity contribution in [3.8, 4) is 17.2 Å². The van der Waals surface area contributed by atoms with Crippen LogP contribution in [0.1, 0.15) is 37.9 Å². The van der Waals surface area contributed by atoms with Crippen LogP contribution < -0.4 is 14.2 Å². The molecule has 0 spiro atoms. The SMILES string of the molecule is COc1cc(C(=O)OC(C(=O)c2ccc(C)cc2)c2ccccc2)cc(OC)c1OC. The van der Waals surface area contributed by atoms with Crippen molar-refractivity contribution >= 4 is 11.8 Å². The number of carbonyl (C=O) groups excluding carboxylic acids is 2. The molecule has 31 heavy (non-hydrogen) atoms. The first kappa shape index (κ1) is 21.9. The van der Waals surface area contributed by atoms with E-state index >= 15 is 0 Å². The molecule has 0 heterocycles. The summed E-state index contributed by atoms with van der Waals surface area (Å²) in [4.78, 5) is 26.3. The number of aryl methyl sites for hydroxylation is 1. The number of hydrogen-bond donors (Lipinski definition) is 0. The number of hydrogen-bond acceptors (Lipinski definition) is 6. The van der Waals surface area contributed by atoms with Crippen LogP contribution in [0, 0.1) is 6.92 Å². The molecule has 1 atom stereocenters. The van der Waals surface area contributed by atoms with Gasteiger partial charge in [-0.3, -0.25) is 4.79 Å². The minimum atomic E-state index is -1.10. The van der Waals surface area contributed by atoms with Crippen LogP contribution in [-0.4, -0.2) is 33.1 Å². The van der Waals surface area contributed by atoms with Crippen LogP contribution in [0.25, 0.3) is 0 Å². The molecule has 0 aromatic heterocycles. The Morgan fingerprint density at radius 2 is 1.32 bits per heavy atom. The number of carbonyl (C=O) groups is 2. The van der Waals surface area contributed by atoms with E-state index in [0.717, 1.165) is 5.56 Å². The van der Waals surface area contributed by atoms with Crippen molar-refractivity contribution in [2.45, 2.75) is 13.0 Å². The maximum absolute atomic E-state index is 13.2. The molecule has 6 nitrogen and oxygen atoms in total. The summed E-state index contributed by atoms with van der Waals surface area (Å²) in [5.74, 6) is -0.0118. The maximum atomic E-state index is 13.2. The smallest absolute Gasteiger partial charge is 0.339 e. The first-order valence-electron chi connectivity index (χ1n) is 9.65. The lowest BCUT2D eigenvalue weighted by atomic mass is 9.99. The highest BCUT2D eigenvalue weighted by Crippen LogP contribution is 2.38. The second kappa shape index (κ2) is 9.80. The number of esters is 1. The van der Waals surface area contributed by atoms with Crippen LogP contribution in [-0.2, 0) is 4.74 Å². The number of ketones is 1. The van der Waals surface area contributed by atoms with E-state index in [1.165, 1.54) is 33.5 Å². The monoisotopic (exact) mass is 420 g/mol. The Hall–Kier alpha value is -3.80. The molecular weight excluding hydrogens is 396 g/mol. The lowest BCUT2D eigenvalue weighted by Gasteiger charge is -2.19. The van der Waals surface area contributed by atoms with Crippen molar-refractivity contribution in [2.24, 2.45) is 0 Å². The third kappa shape index (κ3) is 4.86. The Morgan fingerprint density at radius 1 is 0.742 bits per heavy atom. The third-order valence-corrected chi connectivity index (χ3v) is 4.80. The molecule has 3 rings (SSSR count). The quantitative estimate of drug-likeness (QED) is 0.385. The van der Waals surface area contributed by atoms with E-state index in [0.29, 0.717) is 28.4 Å². The minimum absolute atomic E-state index is 0.173. The molecule has 0 fully saturated rings. The fourth-order valence-electron chi connectivity index (χ4n) is 3.14. The standard InChI is InChI=1S/C25H24O6/c1-16-10-12-17(13-11-16)22(26)23(18-8-6-5-7-9-18)31-25(27)19-14-20(28-2)24(30-4)21(15-19)29-3/h5-15,23H,1-4H3. The van der Waals surface area contributed by atoms with E-state index in [-0.39, 0.29) is 11.3 Å². The second-order valence-electron chi connectivity index (χ2n) is 6.84. The zero-order valence-electron chi connectivity index (χ0n) is 17.9. The number of rotatable bonds is 8.